The third-order valence-corrected chi connectivity index (χ3v) is 2.94. The summed E-state index contributed by atoms with van der Waals surface area (Å²) in [6.45, 7) is 8.15. The van der Waals surface area contributed by atoms with Gasteiger partial charge >= 0.3 is 0 Å². The van der Waals surface area contributed by atoms with Crippen molar-refractivity contribution in [1.29, 1.82) is 5.41 Å². The molecule has 1 aliphatic heterocycles. The smallest absolute Gasteiger partial charge is 0.0428 e. The van der Waals surface area contributed by atoms with Gasteiger partial charge in [0.1, 0.15) is 0 Å². The highest BCUT2D eigenvalue weighted by Gasteiger charge is 2.11. The number of hydrogen-bond donors (Lipinski definition) is 3. The second-order valence-corrected chi connectivity index (χ2v) is 3.90. The van der Waals surface area contributed by atoms with Crippen molar-refractivity contribution in [3.8, 4) is 0 Å². The van der Waals surface area contributed by atoms with E-state index in [-0.39, 0.29) is 0 Å². The van der Waals surface area contributed by atoms with E-state index < -0.39 is 0 Å². The SMILES string of the molecule is CC.CNc1ccc(N2CCNCC2)cc1C=N. The van der Waals surface area contributed by atoms with E-state index in [1.54, 1.807) is 0 Å². The molecule has 0 atom stereocenters. The van der Waals surface area contributed by atoms with Gasteiger partial charge in [-0.25, -0.2) is 0 Å². The lowest BCUT2D eigenvalue weighted by Gasteiger charge is -2.29. The molecule has 1 aromatic carbocycles. The maximum Gasteiger partial charge on any atom is 0.0428 e. The van der Waals surface area contributed by atoms with Crippen LogP contribution in [0.2, 0.25) is 0 Å². The molecule has 0 radical (unpaired) electrons. The van der Waals surface area contributed by atoms with Crippen molar-refractivity contribution in [2.45, 2.75) is 13.8 Å². The number of hydrogen-bond acceptors (Lipinski definition) is 4. The monoisotopic (exact) mass is 248 g/mol. The van der Waals surface area contributed by atoms with Crippen LogP contribution in [0.15, 0.2) is 18.2 Å². The zero-order valence-electron chi connectivity index (χ0n) is 11.6. The minimum Gasteiger partial charge on any atom is -0.388 e. The highest BCUT2D eigenvalue weighted by Crippen LogP contribution is 2.22. The Bertz CT molecular complexity index is 370. The molecule has 18 heavy (non-hydrogen) atoms. The molecule has 0 bridgehead atoms. The highest BCUT2D eigenvalue weighted by atomic mass is 15.2. The Kier molecular flexibility index (Phi) is 6.22. The Morgan fingerprint density at radius 2 is 1.94 bits per heavy atom. The molecule has 0 saturated carbocycles. The summed E-state index contributed by atoms with van der Waals surface area (Å²) in [6.07, 6.45) is 1.40. The summed E-state index contributed by atoms with van der Waals surface area (Å²) in [4.78, 5) is 2.35. The maximum absolute atomic E-state index is 7.40. The quantitative estimate of drug-likeness (QED) is 0.719. The molecule has 1 saturated heterocycles. The second kappa shape index (κ2) is 7.71. The zero-order chi connectivity index (χ0) is 13.4. The van der Waals surface area contributed by atoms with E-state index in [0.717, 1.165) is 37.4 Å². The van der Waals surface area contributed by atoms with Crippen LogP contribution in [0.4, 0.5) is 11.4 Å². The molecule has 1 aromatic rings. The van der Waals surface area contributed by atoms with Crippen LogP contribution in [0.5, 0.6) is 0 Å². The van der Waals surface area contributed by atoms with E-state index in [9.17, 15) is 0 Å². The Morgan fingerprint density at radius 1 is 1.28 bits per heavy atom. The fourth-order valence-electron chi connectivity index (χ4n) is 2.02. The minimum atomic E-state index is 0.943. The predicted octanol–water partition coefficient (Wildman–Crippen LogP) is 2.16. The Balaban J connectivity index is 0.000000771. The van der Waals surface area contributed by atoms with Crippen LogP contribution < -0.4 is 15.5 Å². The molecule has 4 heteroatoms. The first-order chi connectivity index (χ1) is 8.85. The molecular weight excluding hydrogens is 224 g/mol. The zero-order valence-corrected chi connectivity index (χ0v) is 11.6. The lowest BCUT2D eigenvalue weighted by molar-refractivity contribution is 0.589. The van der Waals surface area contributed by atoms with Gasteiger partial charge in [-0.3, -0.25) is 0 Å². The molecule has 100 valence electrons. The van der Waals surface area contributed by atoms with E-state index in [0.29, 0.717) is 0 Å². The van der Waals surface area contributed by atoms with Crippen LogP contribution in [-0.4, -0.2) is 39.4 Å². The predicted molar refractivity (Wildman–Crippen MR) is 80.3 cm³/mol. The molecule has 1 fully saturated rings. The highest BCUT2D eigenvalue weighted by molar-refractivity contribution is 5.87. The molecule has 1 aliphatic rings. The lowest BCUT2D eigenvalue weighted by atomic mass is 10.1. The van der Waals surface area contributed by atoms with Gasteiger partial charge in [-0.2, -0.15) is 0 Å². The van der Waals surface area contributed by atoms with Crippen LogP contribution in [0, 0.1) is 5.41 Å². The number of rotatable bonds is 3. The van der Waals surface area contributed by atoms with Gasteiger partial charge in [-0.1, -0.05) is 13.8 Å². The van der Waals surface area contributed by atoms with Crippen LogP contribution >= 0.6 is 0 Å². The summed E-state index contributed by atoms with van der Waals surface area (Å²) >= 11 is 0. The Hall–Kier alpha value is -1.55. The first-order valence-electron chi connectivity index (χ1n) is 6.63. The standard InChI is InChI=1S/C12H18N4.C2H6/c1-14-12-3-2-11(8-10(12)9-13)16-6-4-15-5-7-16;1-2/h2-3,8-9,13-15H,4-7H2,1H3;1-2H3. The molecule has 2 rings (SSSR count). The van der Waals surface area contributed by atoms with Gasteiger partial charge in [-0.15, -0.1) is 0 Å². The van der Waals surface area contributed by atoms with Crippen molar-refractivity contribution in [3.63, 3.8) is 0 Å². The maximum atomic E-state index is 7.40. The van der Waals surface area contributed by atoms with Crippen molar-refractivity contribution in [2.24, 2.45) is 0 Å². The first-order valence-corrected chi connectivity index (χ1v) is 6.63. The third-order valence-electron chi connectivity index (χ3n) is 2.94. The van der Waals surface area contributed by atoms with Crippen molar-refractivity contribution in [3.05, 3.63) is 23.8 Å². The summed E-state index contributed by atoms with van der Waals surface area (Å²) in [7, 11) is 1.88. The van der Waals surface area contributed by atoms with E-state index in [1.807, 2.05) is 27.0 Å². The molecular formula is C14H24N4. The van der Waals surface area contributed by atoms with Crippen molar-refractivity contribution >= 4 is 17.6 Å². The fourth-order valence-corrected chi connectivity index (χ4v) is 2.02. The summed E-state index contributed by atoms with van der Waals surface area (Å²) in [5.74, 6) is 0. The van der Waals surface area contributed by atoms with Crippen LogP contribution in [0.1, 0.15) is 19.4 Å². The average molecular weight is 248 g/mol. The van der Waals surface area contributed by atoms with E-state index >= 15 is 0 Å². The molecule has 0 unspecified atom stereocenters. The largest absolute Gasteiger partial charge is 0.388 e. The Labute approximate surface area is 110 Å². The van der Waals surface area contributed by atoms with E-state index in [1.165, 1.54) is 11.9 Å². The van der Waals surface area contributed by atoms with Gasteiger partial charge in [-0.05, 0) is 18.2 Å². The average Bonchev–Trinajstić information content (AvgIpc) is 2.49. The van der Waals surface area contributed by atoms with E-state index in [2.05, 4.69) is 27.7 Å². The molecule has 0 aromatic heterocycles. The van der Waals surface area contributed by atoms with Gasteiger partial charge in [0.25, 0.3) is 0 Å². The summed E-state index contributed by atoms with van der Waals surface area (Å²) in [6, 6.07) is 6.23. The third kappa shape index (κ3) is 3.47. The fraction of sp³-hybridized carbons (Fsp3) is 0.500. The molecule has 0 spiro atoms. The van der Waals surface area contributed by atoms with Crippen LogP contribution in [0.3, 0.4) is 0 Å². The molecule has 1 heterocycles. The molecule has 4 nitrogen and oxygen atoms in total. The molecule has 0 aliphatic carbocycles. The number of benzene rings is 1. The number of nitrogens with one attached hydrogen (secondary N) is 3. The summed E-state index contributed by atoms with van der Waals surface area (Å²) in [5.41, 5.74) is 3.16. The van der Waals surface area contributed by atoms with Crippen LogP contribution in [0.25, 0.3) is 0 Å². The van der Waals surface area contributed by atoms with Gasteiger partial charge < -0.3 is 20.9 Å². The normalized spacial score (nSPS) is 14.5. The van der Waals surface area contributed by atoms with Gasteiger partial charge in [0, 0.05) is 56.4 Å². The van der Waals surface area contributed by atoms with Gasteiger partial charge in [0.2, 0.25) is 0 Å². The van der Waals surface area contributed by atoms with Gasteiger partial charge in [0.05, 0.1) is 0 Å². The molecule has 3 N–H and O–H groups in total. The summed E-state index contributed by atoms with van der Waals surface area (Å²) < 4.78 is 0. The van der Waals surface area contributed by atoms with Crippen molar-refractivity contribution < 1.29 is 0 Å². The number of anilines is 2. The molecule has 0 amide bonds. The number of piperazine rings is 1. The van der Waals surface area contributed by atoms with E-state index in [4.69, 9.17) is 5.41 Å². The van der Waals surface area contributed by atoms with Gasteiger partial charge in [0.15, 0.2) is 0 Å². The minimum absolute atomic E-state index is 0.943. The van der Waals surface area contributed by atoms with Crippen LogP contribution in [-0.2, 0) is 0 Å². The topological polar surface area (TPSA) is 51.1 Å². The Morgan fingerprint density at radius 3 is 2.50 bits per heavy atom. The second-order valence-electron chi connectivity index (χ2n) is 3.90. The summed E-state index contributed by atoms with van der Waals surface area (Å²) in [5, 5.41) is 13.8. The van der Waals surface area contributed by atoms with Crippen molar-refractivity contribution in [1.82, 2.24) is 5.32 Å². The lowest BCUT2D eigenvalue weighted by Crippen LogP contribution is -2.43. The van der Waals surface area contributed by atoms with Crippen molar-refractivity contribution in [2.75, 3.05) is 43.4 Å². The first kappa shape index (κ1) is 14.5. The number of nitrogens with zero attached hydrogens (tertiary/aromatic N) is 1.